The molecular formula is C12H16N2O2S. The number of nitrogen functional groups attached to an aromatic ring is 1. The van der Waals surface area contributed by atoms with Crippen LogP contribution in [-0.4, -0.2) is 14.5 Å². The van der Waals surface area contributed by atoms with E-state index in [0.717, 1.165) is 0 Å². The number of hydrogen-bond acceptors (Lipinski definition) is 3. The number of hydrogen-bond donors (Lipinski definition) is 2. The second-order valence-corrected chi connectivity index (χ2v) is 5.46. The molecule has 1 rings (SSSR count). The van der Waals surface area contributed by atoms with E-state index in [1.807, 2.05) is 6.92 Å². The highest BCUT2D eigenvalue weighted by atomic mass is 32.2. The lowest BCUT2D eigenvalue weighted by molar-refractivity contribution is 0.569. The van der Waals surface area contributed by atoms with Gasteiger partial charge in [-0.05, 0) is 18.1 Å². The second-order valence-electron chi connectivity index (χ2n) is 3.70. The van der Waals surface area contributed by atoms with E-state index >= 15 is 0 Å². The van der Waals surface area contributed by atoms with Crippen molar-refractivity contribution >= 4 is 15.7 Å². The van der Waals surface area contributed by atoms with Gasteiger partial charge in [0.2, 0.25) is 10.0 Å². The van der Waals surface area contributed by atoms with Crippen LogP contribution in [0.2, 0.25) is 0 Å². The van der Waals surface area contributed by atoms with Gasteiger partial charge in [-0.2, -0.15) is 0 Å². The van der Waals surface area contributed by atoms with Crippen molar-refractivity contribution in [2.24, 2.45) is 0 Å². The fraction of sp³-hybridized carbons (Fsp3) is 0.333. The normalized spacial score (nSPS) is 12.9. The molecule has 0 aliphatic carbocycles. The van der Waals surface area contributed by atoms with E-state index in [4.69, 9.17) is 12.2 Å². The predicted octanol–water partition coefficient (Wildman–Crippen LogP) is 1.10. The lowest BCUT2D eigenvalue weighted by atomic mass is 10.2. The Morgan fingerprint density at radius 2 is 2.12 bits per heavy atom. The van der Waals surface area contributed by atoms with Crippen LogP contribution in [0.5, 0.6) is 0 Å². The molecule has 0 saturated heterocycles. The Kier molecular flexibility index (Phi) is 4.55. The number of sulfonamides is 1. The van der Waals surface area contributed by atoms with Crippen LogP contribution in [-0.2, 0) is 15.8 Å². The Morgan fingerprint density at radius 3 is 2.65 bits per heavy atom. The Bertz CT molecular complexity index is 518. The lowest BCUT2D eigenvalue weighted by Gasteiger charge is -2.12. The molecule has 5 heteroatoms. The molecule has 0 aromatic heterocycles. The minimum Gasteiger partial charge on any atom is -0.398 e. The summed E-state index contributed by atoms with van der Waals surface area (Å²) in [5.74, 6) is 2.23. The zero-order chi connectivity index (χ0) is 12.9. The zero-order valence-corrected chi connectivity index (χ0v) is 10.5. The van der Waals surface area contributed by atoms with Crippen LogP contribution >= 0.6 is 0 Å². The van der Waals surface area contributed by atoms with Gasteiger partial charge in [0, 0.05) is 5.69 Å². The van der Waals surface area contributed by atoms with Crippen LogP contribution in [0.15, 0.2) is 24.3 Å². The first kappa shape index (κ1) is 13.6. The van der Waals surface area contributed by atoms with Crippen molar-refractivity contribution in [1.29, 1.82) is 0 Å². The number of terminal acetylenes is 1. The number of anilines is 1. The monoisotopic (exact) mass is 252 g/mol. The summed E-state index contributed by atoms with van der Waals surface area (Å²) in [6.07, 6.45) is 5.77. The van der Waals surface area contributed by atoms with Crippen molar-refractivity contribution in [2.45, 2.75) is 25.1 Å². The maximum atomic E-state index is 11.8. The summed E-state index contributed by atoms with van der Waals surface area (Å²) in [6, 6.07) is 6.40. The summed E-state index contributed by atoms with van der Waals surface area (Å²) in [5, 5.41) is 0. The first-order chi connectivity index (χ1) is 7.98. The van der Waals surface area contributed by atoms with Gasteiger partial charge in [0.25, 0.3) is 0 Å². The van der Waals surface area contributed by atoms with Gasteiger partial charge in [-0.25, -0.2) is 13.1 Å². The van der Waals surface area contributed by atoms with E-state index in [0.29, 0.717) is 17.7 Å². The van der Waals surface area contributed by atoms with E-state index in [2.05, 4.69) is 10.6 Å². The van der Waals surface area contributed by atoms with Gasteiger partial charge in [-0.15, -0.1) is 6.42 Å². The highest BCUT2D eigenvalue weighted by molar-refractivity contribution is 7.88. The lowest BCUT2D eigenvalue weighted by Crippen LogP contribution is -2.34. The average molecular weight is 252 g/mol. The van der Waals surface area contributed by atoms with Crippen LogP contribution in [0.25, 0.3) is 0 Å². The molecule has 0 aliphatic rings. The molecule has 0 heterocycles. The number of nitrogens with two attached hydrogens (primary N) is 1. The summed E-state index contributed by atoms with van der Waals surface area (Å²) < 4.78 is 26.1. The van der Waals surface area contributed by atoms with Crippen LogP contribution in [0.3, 0.4) is 0 Å². The molecule has 1 unspecified atom stereocenters. The SMILES string of the molecule is C#CC(CC)NS(=O)(=O)Cc1ccccc1N. The Balaban J connectivity index is 2.81. The van der Waals surface area contributed by atoms with Gasteiger partial charge in [0.05, 0.1) is 11.8 Å². The van der Waals surface area contributed by atoms with Crippen LogP contribution in [0, 0.1) is 12.3 Å². The summed E-state index contributed by atoms with van der Waals surface area (Å²) in [7, 11) is -3.45. The molecule has 1 aromatic carbocycles. The maximum absolute atomic E-state index is 11.8. The first-order valence-electron chi connectivity index (χ1n) is 5.28. The fourth-order valence-corrected chi connectivity index (χ4v) is 2.79. The molecule has 4 nitrogen and oxygen atoms in total. The van der Waals surface area contributed by atoms with E-state index < -0.39 is 16.1 Å². The van der Waals surface area contributed by atoms with Crippen molar-refractivity contribution < 1.29 is 8.42 Å². The molecule has 0 aliphatic heterocycles. The van der Waals surface area contributed by atoms with Gasteiger partial charge in [-0.3, -0.25) is 0 Å². The van der Waals surface area contributed by atoms with E-state index in [-0.39, 0.29) is 5.75 Å². The van der Waals surface area contributed by atoms with Gasteiger partial charge in [0.15, 0.2) is 0 Å². The molecule has 0 amide bonds. The largest absolute Gasteiger partial charge is 0.398 e. The Hall–Kier alpha value is -1.51. The van der Waals surface area contributed by atoms with Crippen LogP contribution in [0.4, 0.5) is 5.69 Å². The van der Waals surface area contributed by atoms with E-state index in [9.17, 15) is 8.42 Å². The van der Waals surface area contributed by atoms with Crippen LogP contribution < -0.4 is 10.5 Å². The third-order valence-electron chi connectivity index (χ3n) is 2.33. The smallest absolute Gasteiger partial charge is 0.216 e. The highest BCUT2D eigenvalue weighted by Gasteiger charge is 2.16. The van der Waals surface area contributed by atoms with Crippen molar-refractivity contribution in [1.82, 2.24) is 4.72 Å². The molecule has 1 aromatic rings. The summed E-state index contributed by atoms with van der Waals surface area (Å²) >= 11 is 0. The number of rotatable bonds is 5. The third kappa shape index (κ3) is 4.10. The molecule has 0 saturated carbocycles. The summed E-state index contributed by atoms with van der Waals surface area (Å²) in [6.45, 7) is 1.82. The number of para-hydroxylation sites is 1. The van der Waals surface area contributed by atoms with Crippen molar-refractivity contribution in [3.8, 4) is 12.3 Å². The van der Waals surface area contributed by atoms with E-state index in [1.165, 1.54) is 0 Å². The second kappa shape index (κ2) is 5.71. The highest BCUT2D eigenvalue weighted by Crippen LogP contribution is 2.13. The summed E-state index contributed by atoms with van der Waals surface area (Å²) in [4.78, 5) is 0. The minimum absolute atomic E-state index is 0.155. The molecular weight excluding hydrogens is 236 g/mol. The molecule has 0 spiro atoms. The molecule has 1 atom stereocenters. The third-order valence-corrected chi connectivity index (χ3v) is 3.67. The Labute approximate surface area is 102 Å². The minimum atomic E-state index is -3.45. The average Bonchev–Trinajstić information content (AvgIpc) is 2.29. The summed E-state index contributed by atoms with van der Waals surface area (Å²) in [5.41, 5.74) is 6.73. The van der Waals surface area contributed by atoms with Crippen molar-refractivity contribution in [3.63, 3.8) is 0 Å². The quantitative estimate of drug-likeness (QED) is 0.609. The van der Waals surface area contributed by atoms with Crippen molar-refractivity contribution in [3.05, 3.63) is 29.8 Å². The molecule has 0 radical (unpaired) electrons. The molecule has 17 heavy (non-hydrogen) atoms. The molecule has 0 bridgehead atoms. The van der Waals surface area contributed by atoms with Gasteiger partial charge in [-0.1, -0.05) is 31.0 Å². The van der Waals surface area contributed by atoms with Gasteiger partial charge >= 0.3 is 0 Å². The predicted molar refractivity (Wildman–Crippen MR) is 69.5 cm³/mol. The Morgan fingerprint density at radius 1 is 1.47 bits per heavy atom. The zero-order valence-electron chi connectivity index (χ0n) is 9.68. The molecule has 3 N–H and O–H groups in total. The first-order valence-corrected chi connectivity index (χ1v) is 6.93. The van der Waals surface area contributed by atoms with Gasteiger partial charge in [0.1, 0.15) is 0 Å². The number of nitrogens with one attached hydrogen (secondary N) is 1. The topological polar surface area (TPSA) is 72.2 Å². The van der Waals surface area contributed by atoms with Crippen molar-refractivity contribution in [2.75, 3.05) is 5.73 Å². The standard InChI is InChI=1S/C12H16N2O2S/c1-3-11(4-2)14-17(15,16)9-10-7-5-6-8-12(10)13/h1,5-8,11,14H,4,9,13H2,2H3. The van der Waals surface area contributed by atoms with Crippen LogP contribution in [0.1, 0.15) is 18.9 Å². The molecule has 0 fully saturated rings. The van der Waals surface area contributed by atoms with E-state index in [1.54, 1.807) is 24.3 Å². The molecule has 92 valence electrons. The van der Waals surface area contributed by atoms with Gasteiger partial charge < -0.3 is 5.73 Å². The number of benzene rings is 1. The maximum Gasteiger partial charge on any atom is 0.216 e. The fourth-order valence-electron chi connectivity index (χ4n) is 1.36.